The van der Waals surface area contributed by atoms with Crippen LogP contribution in [0.5, 0.6) is 11.5 Å². The van der Waals surface area contributed by atoms with Gasteiger partial charge in [-0.1, -0.05) is 60.3 Å². The maximum atomic E-state index is 13.2. The Morgan fingerprint density at radius 1 is 0.607 bits per heavy atom. The van der Waals surface area contributed by atoms with Gasteiger partial charge in [0.2, 0.25) is 0 Å². The van der Waals surface area contributed by atoms with Gasteiger partial charge in [-0.3, -0.25) is 0 Å². The summed E-state index contributed by atoms with van der Waals surface area (Å²) in [5, 5.41) is 0. The average molecular weight is 403 g/mol. The summed E-state index contributed by atoms with van der Waals surface area (Å²) in [6.07, 6.45) is 0. The summed E-state index contributed by atoms with van der Waals surface area (Å²) in [5.41, 5.74) is 0. The van der Waals surface area contributed by atoms with Crippen LogP contribution in [0.1, 0.15) is 0 Å². The second kappa shape index (κ2) is 8.91. The van der Waals surface area contributed by atoms with Gasteiger partial charge >= 0.3 is 0 Å². The molecule has 0 saturated carbocycles. The number of ether oxygens (including phenoxy) is 1. The molecule has 28 heavy (non-hydrogen) atoms. The molecule has 0 N–H and O–H groups in total. The number of hydrogen-bond donors (Lipinski definition) is 0. The first-order valence-electron chi connectivity index (χ1n) is 8.86. The second-order valence-corrected chi connectivity index (χ2v) is 8.58. The summed E-state index contributed by atoms with van der Waals surface area (Å²) >= 11 is 1.62. The van der Waals surface area contributed by atoms with Crippen molar-refractivity contribution in [1.82, 2.24) is 0 Å². The highest BCUT2D eigenvalue weighted by molar-refractivity contribution is 8.00. The van der Waals surface area contributed by atoms with E-state index in [4.69, 9.17) is 4.74 Å². The zero-order valence-electron chi connectivity index (χ0n) is 15.0. The number of benzene rings is 4. The van der Waals surface area contributed by atoms with Gasteiger partial charge in [0.25, 0.3) is 0 Å². The van der Waals surface area contributed by atoms with Crippen molar-refractivity contribution in [1.29, 1.82) is 0 Å². The minimum Gasteiger partial charge on any atom is -0.457 e. The molecule has 4 heteroatoms. The molecular weight excluding hydrogens is 384 g/mol. The molecular formula is C24H18O2S2. The van der Waals surface area contributed by atoms with Crippen molar-refractivity contribution in [2.45, 2.75) is 19.6 Å². The topological polar surface area (TPSA) is 26.3 Å². The van der Waals surface area contributed by atoms with Gasteiger partial charge in [0.1, 0.15) is 11.5 Å². The molecule has 0 aliphatic rings. The maximum absolute atomic E-state index is 13.2. The minimum absolute atomic E-state index is 0.721. The molecule has 0 fully saturated rings. The smallest absolute Gasteiger partial charge is 0.127 e. The Bertz CT molecular complexity index is 1060. The molecule has 0 amide bonds. The van der Waals surface area contributed by atoms with E-state index in [9.17, 15) is 4.21 Å². The molecule has 4 aromatic rings. The summed E-state index contributed by atoms with van der Waals surface area (Å²) in [7, 11) is -1.26. The molecule has 0 spiro atoms. The first kappa shape index (κ1) is 18.5. The van der Waals surface area contributed by atoms with E-state index < -0.39 is 10.8 Å². The fraction of sp³-hybridized carbons (Fsp3) is 0. The third-order valence-corrected chi connectivity index (χ3v) is 6.71. The van der Waals surface area contributed by atoms with Crippen LogP contribution < -0.4 is 4.74 Å². The van der Waals surface area contributed by atoms with Crippen molar-refractivity contribution in [3.05, 3.63) is 109 Å². The van der Waals surface area contributed by atoms with Gasteiger partial charge in [0.15, 0.2) is 0 Å². The lowest BCUT2D eigenvalue weighted by molar-refractivity contribution is 0.482. The van der Waals surface area contributed by atoms with Gasteiger partial charge in [0, 0.05) is 14.7 Å². The Morgan fingerprint density at radius 3 is 1.89 bits per heavy atom. The molecule has 0 aromatic heterocycles. The average Bonchev–Trinajstić information content (AvgIpc) is 2.76. The zero-order chi connectivity index (χ0) is 19.2. The van der Waals surface area contributed by atoms with Crippen LogP contribution in [0.15, 0.2) is 129 Å². The van der Waals surface area contributed by atoms with E-state index in [-0.39, 0.29) is 0 Å². The van der Waals surface area contributed by atoms with Crippen LogP contribution in [0.2, 0.25) is 0 Å². The highest BCUT2D eigenvalue weighted by atomic mass is 32.2. The highest BCUT2D eigenvalue weighted by Gasteiger charge is 2.13. The van der Waals surface area contributed by atoms with Crippen LogP contribution in [-0.4, -0.2) is 4.21 Å². The Hall–Kier alpha value is -2.82. The lowest BCUT2D eigenvalue weighted by Gasteiger charge is -2.10. The SMILES string of the molecule is O=S(c1ccc(Oc2ccccc2)cc1)c1ccccc1Sc1ccccc1. The van der Waals surface area contributed by atoms with Gasteiger partial charge in [-0.15, -0.1) is 0 Å². The molecule has 0 radical (unpaired) electrons. The predicted octanol–water partition coefficient (Wildman–Crippen LogP) is 6.80. The third kappa shape index (κ3) is 4.53. The number of para-hydroxylation sites is 1. The van der Waals surface area contributed by atoms with E-state index in [1.54, 1.807) is 11.8 Å². The molecule has 0 saturated heterocycles. The van der Waals surface area contributed by atoms with Gasteiger partial charge in [-0.25, -0.2) is 4.21 Å². The zero-order valence-corrected chi connectivity index (χ0v) is 16.7. The van der Waals surface area contributed by atoms with Crippen molar-refractivity contribution < 1.29 is 8.95 Å². The first-order valence-corrected chi connectivity index (χ1v) is 10.8. The van der Waals surface area contributed by atoms with Crippen molar-refractivity contribution in [3.8, 4) is 11.5 Å². The van der Waals surface area contributed by atoms with Crippen LogP contribution in [0.4, 0.5) is 0 Å². The van der Waals surface area contributed by atoms with Crippen molar-refractivity contribution in [2.75, 3.05) is 0 Å². The minimum atomic E-state index is -1.26. The third-order valence-electron chi connectivity index (χ3n) is 4.04. The van der Waals surface area contributed by atoms with E-state index >= 15 is 0 Å². The summed E-state index contributed by atoms with van der Waals surface area (Å²) in [6.45, 7) is 0. The highest BCUT2D eigenvalue weighted by Crippen LogP contribution is 2.34. The van der Waals surface area contributed by atoms with Gasteiger partial charge in [-0.05, 0) is 60.7 Å². The Labute approximate surface area is 171 Å². The lowest BCUT2D eigenvalue weighted by atomic mass is 10.3. The van der Waals surface area contributed by atoms with E-state index in [0.29, 0.717) is 0 Å². The van der Waals surface area contributed by atoms with Crippen molar-refractivity contribution in [2.24, 2.45) is 0 Å². The quantitative estimate of drug-likeness (QED) is 0.355. The van der Waals surface area contributed by atoms with Crippen LogP contribution in [-0.2, 0) is 10.8 Å². The van der Waals surface area contributed by atoms with Crippen LogP contribution in [0.25, 0.3) is 0 Å². The molecule has 138 valence electrons. The summed E-state index contributed by atoms with van der Waals surface area (Å²) < 4.78 is 19.0. The van der Waals surface area contributed by atoms with Crippen molar-refractivity contribution >= 4 is 22.6 Å². The summed E-state index contributed by atoms with van der Waals surface area (Å²) in [6, 6.07) is 35.0. The van der Waals surface area contributed by atoms with E-state index in [2.05, 4.69) is 12.1 Å². The largest absolute Gasteiger partial charge is 0.457 e. The molecule has 4 aromatic carbocycles. The molecule has 0 bridgehead atoms. The molecule has 4 rings (SSSR count). The standard InChI is InChI=1S/C24H18O2S2/c25-28(22-17-15-20(16-18-22)26-19-9-3-1-4-10-19)24-14-8-7-13-23(24)27-21-11-5-2-6-12-21/h1-18H. The molecule has 0 aliphatic heterocycles. The van der Waals surface area contributed by atoms with Crippen LogP contribution in [0, 0.1) is 0 Å². The molecule has 2 nitrogen and oxygen atoms in total. The fourth-order valence-electron chi connectivity index (χ4n) is 2.69. The molecule has 0 aliphatic carbocycles. The summed E-state index contributed by atoms with van der Waals surface area (Å²) in [5.74, 6) is 1.50. The van der Waals surface area contributed by atoms with Gasteiger partial charge < -0.3 is 4.74 Å². The predicted molar refractivity (Wildman–Crippen MR) is 115 cm³/mol. The van der Waals surface area contributed by atoms with E-state index in [1.807, 2.05) is 97.1 Å². The van der Waals surface area contributed by atoms with E-state index in [1.165, 1.54) is 0 Å². The number of rotatable bonds is 6. The summed E-state index contributed by atoms with van der Waals surface area (Å²) in [4.78, 5) is 3.69. The van der Waals surface area contributed by atoms with Gasteiger partial charge in [0.05, 0.1) is 15.7 Å². The second-order valence-electron chi connectivity index (χ2n) is 6.02. The Kier molecular flexibility index (Phi) is 5.90. The normalized spacial score (nSPS) is 11.7. The number of hydrogen-bond acceptors (Lipinski definition) is 3. The molecule has 1 atom stereocenters. The van der Waals surface area contributed by atoms with Gasteiger partial charge in [-0.2, -0.15) is 0 Å². The van der Waals surface area contributed by atoms with Crippen molar-refractivity contribution in [3.63, 3.8) is 0 Å². The Morgan fingerprint density at radius 2 is 1.18 bits per heavy atom. The monoisotopic (exact) mass is 402 g/mol. The molecule has 0 heterocycles. The van der Waals surface area contributed by atoms with Crippen LogP contribution >= 0.6 is 11.8 Å². The van der Waals surface area contributed by atoms with E-state index in [0.717, 1.165) is 31.1 Å². The maximum Gasteiger partial charge on any atom is 0.127 e. The fourth-order valence-corrected chi connectivity index (χ4v) is 4.99. The lowest BCUT2D eigenvalue weighted by Crippen LogP contribution is -1.95. The molecule has 1 unspecified atom stereocenters. The first-order chi connectivity index (χ1) is 13.8. The van der Waals surface area contributed by atoms with Crippen LogP contribution in [0.3, 0.4) is 0 Å². The Balaban J connectivity index is 1.55.